The zero-order valence-corrected chi connectivity index (χ0v) is 41.0. The van der Waals surface area contributed by atoms with Crippen LogP contribution in [0.4, 0.5) is 0 Å². The molecule has 1 unspecified atom stereocenters. The zero-order valence-electron chi connectivity index (χ0n) is 41.0. The van der Waals surface area contributed by atoms with E-state index in [4.69, 9.17) is 20.8 Å². The fourth-order valence-electron chi connectivity index (χ4n) is 7.53. The monoisotopic (exact) mass is 813 g/mol. The number of aliphatic imine (C=N–C) groups is 1. The number of benzene rings is 2. The Hall–Kier alpha value is -4.82. The van der Waals surface area contributed by atoms with Gasteiger partial charge in [-0.2, -0.15) is 0 Å². The molecule has 4 radical (unpaired) electrons. The summed E-state index contributed by atoms with van der Waals surface area (Å²) in [4.78, 5) is 5.47. The lowest BCUT2D eigenvalue weighted by molar-refractivity contribution is 0.977. The van der Waals surface area contributed by atoms with Crippen molar-refractivity contribution >= 4 is 38.1 Å². The molecule has 2 nitrogen and oxygen atoms in total. The van der Waals surface area contributed by atoms with Gasteiger partial charge in [0.05, 0.1) is 11.4 Å². The Labute approximate surface area is 377 Å². The molecule has 0 saturated heterocycles. The van der Waals surface area contributed by atoms with Gasteiger partial charge >= 0.3 is 0 Å². The number of allylic oxidation sites excluding steroid dienone is 15. The molecule has 3 aromatic rings. The molecular formula is C57H78B2N2. The summed E-state index contributed by atoms with van der Waals surface area (Å²) in [6, 6.07) is 14.9. The normalized spacial score (nSPS) is 14.5. The second-order valence-electron chi connectivity index (χ2n) is 14.7. The van der Waals surface area contributed by atoms with Crippen molar-refractivity contribution in [1.29, 1.82) is 0 Å². The average molecular weight is 813 g/mol. The Kier molecular flexibility index (Phi) is 26.2. The first-order valence-corrected chi connectivity index (χ1v) is 23.1. The highest BCUT2D eigenvalue weighted by atomic mass is 14.9. The summed E-state index contributed by atoms with van der Waals surface area (Å²) in [5.41, 5.74) is 18.2. The third-order valence-electron chi connectivity index (χ3n) is 10.2. The van der Waals surface area contributed by atoms with Crippen LogP contribution >= 0.6 is 0 Å². The minimum Gasteiger partial charge on any atom is -0.400 e. The molecule has 2 heterocycles. The second kappa shape index (κ2) is 29.4. The van der Waals surface area contributed by atoms with Gasteiger partial charge in [-0.25, -0.2) is 0 Å². The molecule has 1 aliphatic heterocycles. The number of rotatable bonds is 17. The summed E-state index contributed by atoms with van der Waals surface area (Å²) in [7, 11) is 13.2. The first kappa shape index (κ1) is 54.2. The highest BCUT2D eigenvalue weighted by Gasteiger charge is 2.26. The number of hydrogen-bond donors (Lipinski definition) is 0. The minimum absolute atomic E-state index is 0.118. The van der Waals surface area contributed by atoms with Crippen molar-refractivity contribution in [3.63, 3.8) is 0 Å². The predicted octanol–water partition coefficient (Wildman–Crippen LogP) is 15.5. The van der Waals surface area contributed by atoms with Crippen LogP contribution in [0.1, 0.15) is 154 Å². The van der Waals surface area contributed by atoms with Crippen LogP contribution in [-0.4, -0.2) is 26.0 Å². The van der Waals surface area contributed by atoms with E-state index >= 15 is 0 Å². The van der Waals surface area contributed by atoms with Crippen LogP contribution in [0.3, 0.4) is 0 Å². The van der Waals surface area contributed by atoms with E-state index in [0.717, 1.165) is 71.5 Å². The van der Waals surface area contributed by atoms with Crippen molar-refractivity contribution in [3.05, 3.63) is 183 Å². The van der Waals surface area contributed by atoms with Crippen LogP contribution in [0, 0.1) is 26.7 Å². The van der Waals surface area contributed by atoms with Crippen molar-refractivity contribution in [1.82, 2.24) is 4.48 Å². The second-order valence-corrected chi connectivity index (χ2v) is 14.7. The van der Waals surface area contributed by atoms with Crippen molar-refractivity contribution in [2.45, 2.75) is 142 Å². The average Bonchev–Trinajstić information content (AvgIpc) is 3.83. The van der Waals surface area contributed by atoms with Crippen molar-refractivity contribution < 1.29 is 0 Å². The molecule has 1 aromatic heterocycles. The maximum Gasteiger partial charge on any atom is 0.234 e. The predicted molar refractivity (Wildman–Crippen MR) is 279 cm³/mol. The first-order valence-electron chi connectivity index (χ1n) is 23.1. The van der Waals surface area contributed by atoms with Crippen LogP contribution in [0.2, 0.25) is 0 Å². The first-order chi connectivity index (χ1) is 29.4. The maximum atomic E-state index is 7.18. The van der Waals surface area contributed by atoms with E-state index in [2.05, 4.69) is 160 Å². The topological polar surface area (TPSA) is 17.3 Å². The van der Waals surface area contributed by atoms with Crippen LogP contribution < -0.4 is 5.46 Å². The minimum atomic E-state index is 0.118. The summed E-state index contributed by atoms with van der Waals surface area (Å²) in [6.45, 7) is 35.7. The lowest BCUT2D eigenvalue weighted by Gasteiger charge is -2.18. The van der Waals surface area contributed by atoms with Gasteiger partial charge in [-0.1, -0.05) is 196 Å². The summed E-state index contributed by atoms with van der Waals surface area (Å²) in [5.74, 6) is 0.118. The van der Waals surface area contributed by atoms with Gasteiger partial charge in [0.1, 0.15) is 7.85 Å². The van der Waals surface area contributed by atoms with E-state index in [0.29, 0.717) is 6.42 Å². The van der Waals surface area contributed by atoms with Gasteiger partial charge in [0, 0.05) is 29.3 Å². The number of hydrogen-bond acceptors (Lipinski definition) is 1. The summed E-state index contributed by atoms with van der Waals surface area (Å²) >= 11 is 0. The van der Waals surface area contributed by atoms with E-state index in [1.54, 1.807) is 0 Å². The summed E-state index contributed by atoms with van der Waals surface area (Å²) < 4.78 is 1.92. The highest BCUT2D eigenvalue weighted by Crippen LogP contribution is 2.39. The molecule has 0 N–H and O–H groups in total. The quantitative estimate of drug-likeness (QED) is 0.0954. The van der Waals surface area contributed by atoms with E-state index in [-0.39, 0.29) is 5.92 Å². The third kappa shape index (κ3) is 15.9. The largest absolute Gasteiger partial charge is 0.400 e. The van der Waals surface area contributed by atoms with Gasteiger partial charge in [-0.15, -0.1) is 0 Å². The molecular weight excluding hydrogens is 734 g/mol. The Balaban J connectivity index is 0.00000296. The van der Waals surface area contributed by atoms with E-state index in [1.807, 2.05) is 64.2 Å². The van der Waals surface area contributed by atoms with Gasteiger partial charge in [0.2, 0.25) is 7.98 Å². The molecule has 1 atom stereocenters. The summed E-state index contributed by atoms with van der Waals surface area (Å²) in [5, 5.41) is 0. The number of nitrogens with zero attached hydrogens (tertiary/aromatic N) is 2. The lowest BCUT2D eigenvalue weighted by atomic mass is 9.90. The Morgan fingerprint density at radius 3 is 2.00 bits per heavy atom. The maximum absolute atomic E-state index is 7.18. The van der Waals surface area contributed by atoms with Gasteiger partial charge in [0.25, 0.3) is 0 Å². The SMILES string of the molecule is CC.CC.CC.[B]c1ccc(C(/C=C\Cc2c(CC)cc(/C(=C3/C=C(CC)C(C(C)/C=C\C(=C/C=C)C/C=C\C(C)=C/CC)=N3)c3c(C)cc(C)cc3C)n2[B])=C/CC)cc1. The smallest absolute Gasteiger partial charge is 0.234 e. The lowest BCUT2D eigenvalue weighted by Crippen LogP contribution is -2.09. The van der Waals surface area contributed by atoms with Crippen LogP contribution in [0.25, 0.3) is 11.1 Å². The van der Waals surface area contributed by atoms with E-state index in [1.165, 1.54) is 50.1 Å². The molecule has 61 heavy (non-hydrogen) atoms. The molecule has 0 aliphatic carbocycles. The fourth-order valence-corrected chi connectivity index (χ4v) is 7.53. The molecule has 0 saturated carbocycles. The molecule has 1 aliphatic rings. The fraction of sp³-hybridized carbons (Fsp3) is 0.386. The van der Waals surface area contributed by atoms with E-state index < -0.39 is 0 Å². The van der Waals surface area contributed by atoms with Gasteiger partial charge < -0.3 is 4.48 Å². The standard InChI is InChI=1S/C51H60B2N2.3C2H6/c1-11-18-35(6)21-16-22-40(19-12-2)26-25-37(8)51-42(15-5)33-46(54-51)50(49-38(9)31-36(7)32-39(49)10)48-34-41(14-4)47(55(48)53)24-17-23-43(20-13-3)44-27-29-45(52)30-28-44;3*1-2/h12,16-21,23,25-34,37H,2,11,13-15,22,24H2,1,3-10H3;3*1-2H3/b21-16-,23-17-,26-25-,35-18-,40-19-,43-20+,50-46+;;;. The number of aromatic nitrogens is 1. The third-order valence-corrected chi connectivity index (χ3v) is 10.2. The van der Waals surface area contributed by atoms with Crippen molar-refractivity contribution in [2.24, 2.45) is 10.9 Å². The summed E-state index contributed by atoms with van der Waals surface area (Å²) in [6.07, 6.45) is 29.5. The molecule has 0 bridgehead atoms. The van der Waals surface area contributed by atoms with E-state index in [9.17, 15) is 0 Å². The zero-order chi connectivity index (χ0) is 46.1. The van der Waals surface area contributed by atoms with Crippen LogP contribution in [-0.2, 0) is 12.8 Å². The molecule has 4 heteroatoms. The van der Waals surface area contributed by atoms with Crippen molar-refractivity contribution in [2.75, 3.05) is 0 Å². The Morgan fingerprint density at radius 2 is 1.44 bits per heavy atom. The Morgan fingerprint density at radius 1 is 0.820 bits per heavy atom. The van der Waals surface area contributed by atoms with Crippen LogP contribution in [0.5, 0.6) is 0 Å². The van der Waals surface area contributed by atoms with Gasteiger partial charge in [0.15, 0.2) is 0 Å². The molecule has 0 spiro atoms. The molecule has 322 valence electrons. The molecule has 2 aromatic carbocycles. The van der Waals surface area contributed by atoms with Crippen molar-refractivity contribution in [3.8, 4) is 0 Å². The van der Waals surface area contributed by atoms with Gasteiger partial charge in [-0.05, 0) is 116 Å². The highest BCUT2D eigenvalue weighted by molar-refractivity contribution is 6.32. The molecule has 4 rings (SSSR count). The molecule has 0 fully saturated rings. The Bertz CT molecular complexity index is 2090. The number of aryl methyl sites for hydroxylation is 4. The molecule has 0 amide bonds. The van der Waals surface area contributed by atoms with Crippen LogP contribution in [0.15, 0.2) is 143 Å². The van der Waals surface area contributed by atoms with Gasteiger partial charge in [-0.3, -0.25) is 4.99 Å².